The highest BCUT2D eigenvalue weighted by atomic mass is 79.9. The molecule has 0 saturated carbocycles. The maximum Gasteiger partial charge on any atom is 0.354 e. The molecule has 4 heteroatoms. The molecule has 0 amide bonds. The van der Waals surface area contributed by atoms with Crippen molar-refractivity contribution < 1.29 is 9.90 Å². The molecule has 2 rings (SSSR count). The lowest BCUT2D eigenvalue weighted by Crippen LogP contribution is -2.00. The van der Waals surface area contributed by atoms with Gasteiger partial charge in [-0.3, -0.25) is 0 Å². The van der Waals surface area contributed by atoms with E-state index in [0.717, 1.165) is 26.5 Å². The minimum absolute atomic E-state index is 0.0774. The number of carbonyl (C=O) groups is 1. The van der Waals surface area contributed by atoms with Gasteiger partial charge in [0.05, 0.1) is 5.52 Å². The van der Waals surface area contributed by atoms with Crippen molar-refractivity contribution in [2.45, 2.75) is 13.8 Å². The van der Waals surface area contributed by atoms with Gasteiger partial charge in [0.25, 0.3) is 0 Å². The smallest absolute Gasteiger partial charge is 0.354 e. The van der Waals surface area contributed by atoms with Crippen molar-refractivity contribution in [1.29, 1.82) is 0 Å². The van der Waals surface area contributed by atoms with E-state index in [0.29, 0.717) is 0 Å². The number of benzene rings is 1. The standard InChI is InChI=1S/C12H10BrNO2/c1-6-5-10-8(7(2)11(6)13)3-4-9(14-10)12(15)16/h3-5H,1-2H3,(H,15,16). The van der Waals surface area contributed by atoms with Crippen molar-refractivity contribution in [3.63, 3.8) is 0 Å². The molecule has 82 valence electrons. The fourth-order valence-electron chi connectivity index (χ4n) is 1.70. The number of aromatic carboxylic acids is 1. The minimum atomic E-state index is -1.000. The normalized spacial score (nSPS) is 10.7. The number of fused-ring (bicyclic) bond motifs is 1. The molecule has 1 N–H and O–H groups in total. The molecule has 3 nitrogen and oxygen atoms in total. The van der Waals surface area contributed by atoms with E-state index < -0.39 is 5.97 Å². The van der Waals surface area contributed by atoms with E-state index in [2.05, 4.69) is 20.9 Å². The van der Waals surface area contributed by atoms with Crippen molar-refractivity contribution in [2.75, 3.05) is 0 Å². The number of hydrogen-bond acceptors (Lipinski definition) is 2. The number of carboxylic acids is 1. The van der Waals surface area contributed by atoms with Crippen LogP contribution < -0.4 is 0 Å². The van der Waals surface area contributed by atoms with E-state index in [1.807, 2.05) is 19.9 Å². The first kappa shape index (κ1) is 11.1. The summed E-state index contributed by atoms with van der Waals surface area (Å²) < 4.78 is 1.05. The lowest BCUT2D eigenvalue weighted by Gasteiger charge is -2.07. The van der Waals surface area contributed by atoms with Gasteiger partial charge in [-0.25, -0.2) is 9.78 Å². The third kappa shape index (κ3) is 1.69. The van der Waals surface area contributed by atoms with Gasteiger partial charge >= 0.3 is 5.97 Å². The number of hydrogen-bond donors (Lipinski definition) is 1. The maximum absolute atomic E-state index is 10.8. The second-order valence-electron chi connectivity index (χ2n) is 3.70. The van der Waals surface area contributed by atoms with E-state index in [9.17, 15) is 4.79 Å². The molecule has 1 aromatic carbocycles. The van der Waals surface area contributed by atoms with Gasteiger partial charge in [0.1, 0.15) is 5.69 Å². The Bertz CT molecular complexity index is 593. The molecule has 1 heterocycles. The van der Waals surface area contributed by atoms with Crippen molar-refractivity contribution in [3.8, 4) is 0 Å². The van der Waals surface area contributed by atoms with Gasteiger partial charge in [0.15, 0.2) is 0 Å². The second-order valence-corrected chi connectivity index (χ2v) is 4.49. The van der Waals surface area contributed by atoms with Gasteiger partial charge in [-0.05, 0) is 37.1 Å². The summed E-state index contributed by atoms with van der Waals surface area (Å²) in [4.78, 5) is 14.9. The monoisotopic (exact) mass is 279 g/mol. The highest BCUT2D eigenvalue weighted by Crippen LogP contribution is 2.28. The Morgan fingerprint density at radius 3 is 2.69 bits per heavy atom. The summed E-state index contributed by atoms with van der Waals surface area (Å²) in [6, 6.07) is 5.21. The third-order valence-corrected chi connectivity index (χ3v) is 3.80. The van der Waals surface area contributed by atoms with E-state index >= 15 is 0 Å². The number of rotatable bonds is 1. The SMILES string of the molecule is Cc1cc2nc(C(=O)O)ccc2c(C)c1Br. The van der Waals surface area contributed by atoms with Crippen LogP contribution in [0.4, 0.5) is 0 Å². The lowest BCUT2D eigenvalue weighted by atomic mass is 10.1. The molecular formula is C12H10BrNO2. The molecule has 0 aliphatic heterocycles. The Morgan fingerprint density at radius 2 is 2.06 bits per heavy atom. The van der Waals surface area contributed by atoms with Crippen LogP contribution in [0.5, 0.6) is 0 Å². The summed E-state index contributed by atoms with van der Waals surface area (Å²) in [6.45, 7) is 3.95. The van der Waals surface area contributed by atoms with E-state index in [4.69, 9.17) is 5.11 Å². The number of nitrogens with zero attached hydrogens (tertiary/aromatic N) is 1. The highest BCUT2D eigenvalue weighted by Gasteiger charge is 2.09. The molecule has 1 aromatic heterocycles. The average molecular weight is 280 g/mol. The highest BCUT2D eigenvalue weighted by molar-refractivity contribution is 9.10. The molecule has 2 aromatic rings. The van der Waals surface area contributed by atoms with Gasteiger partial charge < -0.3 is 5.11 Å². The van der Waals surface area contributed by atoms with Crippen molar-refractivity contribution >= 4 is 32.8 Å². The Hall–Kier alpha value is -1.42. The minimum Gasteiger partial charge on any atom is -0.477 e. The van der Waals surface area contributed by atoms with Crippen LogP contribution >= 0.6 is 15.9 Å². The Balaban J connectivity index is 2.81. The summed E-state index contributed by atoms with van der Waals surface area (Å²) in [7, 11) is 0. The molecule has 0 radical (unpaired) electrons. The van der Waals surface area contributed by atoms with Crippen LogP contribution in [-0.2, 0) is 0 Å². The average Bonchev–Trinajstić information content (AvgIpc) is 2.25. The molecule has 16 heavy (non-hydrogen) atoms. The molecule has 0 bridgehead atoms. The van der Waals surface area contributed by atoms with E-state index in [1.54, 1.807) is 6.07 Å². The summed E-state index contributed by atoms with van der Waals surface area (Å²) >= 11 is 3.50. The third-order valence-electron chi connectivity index (χ3n) is 2.58. The number of halogens is 1. The molecule has 0 spiro atoms. The number of pyridine rings is 1. The maximum atomic E-state index is 10.8. The Morgan fingerprint density at radius 1 is 1.38 bits per heavy atom. The topological polar surface area (TPSA) is 50.2 Å². The largest absolute Gasteiger partial charge is 0.477 e. The molecule has 0 aliphatic rings. The van der Waals surface area contributed by atoms with Crippen molar-refractivity contribution in [3.05, 3.63) is 39.5 Å². The lowest BCUT2D eigenvalue weighted by molar-refractivity contribution is 0.0691. The Kier molecular flexibility index (Phi) is 2.68. The van der Waals surface area contributed by atoms with Crippen LogP contribution in [0.3, 0.4) is 0 Å². The molecular weight excluding hydrogens is 270 g/mol. The molecule has 0 unspecified atom stereocenters. The fraction of sp³-hybridized carbons (Fsp3) is 0.167. The van der Waals surface area contributed by atoms with Crippen LogP contribution in [0.2, 0.25) is 0 Å². The quantitative estimate of drug-likeness (QED) is 0.871. The first-order valence-corrected chi connectivity index (χ1v) is 5.59. The van der Waals surface area contributed by atoms with Gasteiger partial charge in [-0.15, -0.1) is 0 Å². The number of carboxylic acid groups (broad SMARTS) is 1. The van der Waals surface area contributed by atoms with Gasteiger partial charge in [0, 0.05) is 9.86 Å². The predicted octanol–water partition coefficient (Wildman–Crippen LogP) is 3.31. The van der Waals surface area contributed by atoms with Crippen molar-refractivity contribution in [1.82, 2.24) is 4.98 Å². The zero-order valence-electron chi connectivity index (χ0n) is 8.91. The number of aromatic nitrogens is 1. The summed E-state index contributed by atoms with van der Waals surface area (Å²) in [5.41, 5.74) is 2.94. The van der Waals surface area contributed by atoms with E-state index in [1.165, 1.54) is 6.07 Å². The predicted molar refractivity (Wildman–Crippen MR) is 65.9 cm³/mol. The first-order chi connectivity index (χ1) is 7.50. The van der Waals surface area contributed by atoms with Gasteiger partial charge in [0.2, 0.25) is 0 Å². The van der Waals surface area contributed by atoms with Crippen LogP contribution in [0.25, 0.3) is 10.9 Å². The van der Waals surface area contributed by atoms with E-state index in [-0.39, 0.29) is 5.69 Å². The second kappa shape index (κ2) is 3.87. The summed E-state index contributed by atoms with van der Waals surface area (Å²) in [5.74, 6) is -1.000. The van der Waals surface area contributed by atoms with Crippen LogP contribution in [0, 0.1) is 13.8 Å². The van der Waals surface area contributed by atoms with Crippen LogP contribution in [0.15, 0.2) is 22.7 Å². The van der Waals surface area contributed by atoms with Crippen LogP contribution in [0.1, 0.15) is 21.6 Å². The summed E-state index contributed by atoms with van der Waals surface area (Å²) in [6.07, 6.45) is 0. The van der Waals surface area contributed by atoms with Crippen molar-refractivity contribution in [2.24, 2.45) is 0 Å². The zero-order valence-corrected chi connectivity index (χ0v) is 10.5. The fourth-order valence-corrected chi connectivity index (χ4v) is 2.03. The zero-order chi connectivity index (χ0) is 11.9. The Labute approximate surface area is 101 Å². The van der Waals surface area contributed by atoms with Gasteiger partial charge in [-0.2, -0.15) is 0 Å². The van der Waals surface area contributed by atoms with Crippen LogP contribution in [-0.4, -0.2) is 16.1 Å². The molecule has 0 aliphatic carbocycles. The molecule has 0 fully saturated rings. The first-order valence-electron chi connectivity index (χ1n) is 4.80. The molecule has 0 atom stereocenters. The molecule has 0 saturated heterocycles. The van der Waals surface area contributed by atoms with Gasteiger partial charge in [-0.1, -0.05) is 22.0 Å². The number of aryl methyl sites for hydroxylation is 2. The summed E-state index contributed by atoms with van der Waals surface area (Å²) in [5, 5.41) is 9.84.